The first-order valence-electron chi connectivity index (χ1n) is 6.48. The molecule has 0 saturated heterocycles. The lowest BCUT2D eigenvalue weighted by Crippen LogP contribution is -2.04. The molecule has 0 amide bonds. The summed E-state index contributed by atoms with van der Waals surface area (Å²) in [5.41, 5.74) is 11.5. The summed E-state index contributed by atoms with van der Waals surface area (Å²) in [6, 6.07) is 14.6. The summed E-state index contributed by atoms with van der Waals surface area (Å²) in [4.78, 5) is 4.68. The van der Waals surface area contributed by atoms with Crippen molar-refractivity contribution in [2.24, 2.45) is 5.73 Å². The Balaban J connectivity index is 2.02. The molecule has 2 aromatic heterocycles. The Morgan fingerprint density at radius 2 is 1.89 bits per heavy atom. The average molecular weight is 251 g/mol. The Bertz CT molecular complexity index is 696. The van der Waals surface area contributed by atoms with Crippen LogP contribution in [-0.4, -0.2) is 9.38 Å². The van der Waals surface area contributed by atoms with Gasteiger partial charge in [0.15, 0.2) is 0 Å². The highest BCUT2D eigenvalue weighted by molar-refractivity contribution is 5.44. The van der Waals surface area contributed by atoms with E-state index in [0.717, 1.165) is 23.5 Å². The molecule has 1 aromatic carbocycles. The van der Waals surface area contributed by atoms with Gasteiger partial charge in [-0.3, -0.25) is 0 Å². The molecule has 0 unspecified atom stereocenters. The van der Waals surface area contributed by atoms with Crippen LogP contribution in [-0.2, 0) is 13.0 Å². The molecule has 3 aromatic rings. The van der Waals surface area contributed by atoms with Gasteiger partial charge in [-0.15, -0.1) is 0 Å². The fourth-order valence-corrected chi connectivity index (χ4v) is 2.35. The molecule has 2 heterocycles. The van der Waals surface area contributed by atoms with Gasteiger partial charge in [0.1, 0.15) is 5.65 Å². The lowest BCUT2D eigenvalue weighted by Gasteiger charge is -2.03. The van der Waals surface area contributed by atoms with E-state index in [4.69, 9.17) is 5.73 Å². The highest BCUT2D eigenvalue weighted by Gasteiger charge is 2.10. The summed E-state index contributed by atoms with van der Waals surface area (Å²) in [6.45, 7) is 2.60. The minimum absolute atomic E-state index is 0.506. The first kappa shape index (κ1) is 11.9. The van der Waals surface area contributed by atoms with Gasteiger partial charge in [-0.2, -0.15) is 0 Å². The minimum atomic E-state index is 0.506. The Kier molecular flexibility index (Phi) is 3.05. The lowest BCUT2D eigenvalue weighted by molar-refractivity contribution is 0.925. The molecule has 0 aliphatic carbocycles. The summed E-state index contributed by atoms with van der Waals surface area (Å²) in [6.07, 6.45) is 2.84. The van der Waals surface area contributed by atoms with Crippen LogP contribution < -0.4 is 5.73 Å². The van der Waals surface area contributed by atoms with Crippen molar-refractivity contribution in [1.82, 2.24) is 9.38 Å². The van der Waals surface area contributed by atoms with Crippen LogP contribution >= 0.6 is 0 Å². The highest BCUT2D eigenvalue weighted by Crippen LogP contribution is 2.16. The number of rotatable bonds is 3. The molecule has 3 heteroatoms. The smallest absolute Gasteiger partial charge is 0.137 e. The molecule has 0 bridgehead atoms. The van der Waals surface area contributed by atoms with Gasteiger partial charge in [0.25, 0.3) is 0 Å². The van der Waals surface area contributed by atoms with Crippen molar-refractivity contribution in [3.63, 3.8) is 0 Å². The number of nitrogens with two attached hydrogens (primary N) is 1. The quantitative estimate of drug-likeness (QED) is 0.777. The van der Waals surface area contributed by atoms with Gasteiger partial charge in [-0.25, -0.2) is 4.98 Å². The van der Waals surface area contributed by atoms with E-state index in [0.29, 0.717) is 6.54 Å². The van der Waals surface area contributed by atoms with E-state index in [1.165, 1.54) is 11.1 Å². The number of aromatic nitrogens is 2. The van der Waals surface area contributed by atoms with Crippen LogP contribution in [0.15, 0.2) is 48.7 Å². The number of aryl methyl sites for hydroxylation is 1. The van der Waals surface area contributed by atoms with Crippen LogP contribution in [0.25, 0.3) is 5.65 Å². The van der Waals surface area contributed by atoms with Crippen LogP contribution in [0, 0.1) is 6.92 Å². The summed E-state index contributed by atoms with van der Waals surface area (Å²) in [5, 5.41) is 0. The summed E-state index contributed by atoms with van der Waals surface area (Å²) < 4.78 is 2.07. The maximum Gasteiger partial charge on any atom is 0.137 e. The molecule has 0 atom stereocenters. The van der Waals surface area contributed by atoms with Crippen LogP contribution in [0.2, 0.25) is 0 Å². The molecule has 0 spiro atoms. The first-order chi connectivity index (χ1) is 9.28. The summed E-state index contributed by atoms with van der Waals surface area (Å²) in [5.74, 6) is 0. The predicted molar refractivity (Wildman–Crippen MR) is 77.1 cm³/mol. The Morgan fingerprint density at radius 3 is 2.63 bits per heavy atom. The van der Waals surface area contributed by atoms with E-state index in [1.807, 2.05) is 24.4 Å². The van der Waals surface area contributed by atoms with Crippen LogP contribution in [0.4, 0.5) is 0 Å². The molecule has 0 fully saturated rings. The number of fused-ring (bicyclic) bond motifs is 1. The number of nitrogens with zero attached hydrogens (tertiary/aromatic N) is 2. The van der Waals surface area contributed by atoms with Crippen molar-refractivity contribution >= 4 is 5.65 Å². The largest absolute Gasteiger partial charge is 0.325 e. The van der Waals surface area contributed by atoms with Crippen LogP contribution in [0.3, 0.4) is 0 Å². The fourth-order valence-electron chi connectivity index (χ4n) is 2.35. The average Bonchev–Trinajstić information content (AvgIpc) is 2.78. The second-order valence-electron chi connectivity index (χ2n) is 4.80. The molecular formula is C16H17N3. The van der Waals surface area contributed by atoms with E-state index in [9.17, 15) is 0 Å². The predicted octanol–water partition coefficient (Wildman–Crippen LogP) is 2.69. The van der Waals surface area contributed by atoms with Crippen LogP contribution in [0.1, 0.15) is 22.5 Å². The van der Waals surface area contributed by atoms with Gasteiger partial charge in [-0.1, -0.05) is 35.9 Å². The number of benzene rings is 1. The second-order valence-corrected chi connectivity index (χ2v) is 4.80. The fraction of sp³-hybridized carbons (Fsp3) is 0.188. The molecule has 0 radical (unpaired) electrons. The van der Waals surface area contributed by atoms with E-state index >= 15 is 0 Å². The number of hydrogen-bond acceptors (Lipinski definition) is 2. The monoisotopic (exact) mass is 251 g/mol. The third-order valence-corrected chi connectivity index (χ3v) is 3.40. The SMILES string of the molecule is Cc1ccc(Cc2nc3ccccn3c2CN)cc1. The maximum absolute atomic E-state index is 5.88. The Labute approximate surface area is 112 Å². The van der Waals surface area contributed by atoms with Gasteiger partial charge >= 0.3 is 0 Å². The Hall–Kier alpha value is -2.13. The highest BCUT2D eigenvalue weighted by atomic mass is 15.0. The van der Waals surface area contributed by atoms with Gasteiger partial charge < -0.3 is 10.1 Å². The third kappa shape index (κ3) is 2.25. The van der Waals surface area contributed by atoms with E-state index in [1.54, 1.807) is 0 Å². The van der Waals surface area contributed by atoms with Crippen molar-refractivity contribution in [2.45, 2.75) is 19.9 Å². The van der Waals surface area contributed by atoms with Gasteiger partial charge in [-0.05, 0) is 24.6 Å². The molecule has 0 saturated carbocycles. The molecule has 3 rings (SSSR count). The van der Waals surface area contributed by atoms with E-state index < -0.39 is 0 Å². The van der Waals surface area contributed by atoms with E-state index in [2.05, 4.69) is 40.6 Å². The number of hydrogen-bond donors (Lipinski definition) is 1. The number of imidazole rings is 1. The zero-order valence-electron chi connectivity index (χ0n) is 11.0. The van der Waals surface area contributed by atoms with Gasteiger partial charge in [0, 0.05) is 19.2 Å². The molecule has 0 aliphatic heterocycles. The second kappa shape index (κ2) is 4.86. The summed E-state index contributed by atoms with van der Waals surface area (Å²) in [7, 11) is 0. The van der Waals surface area contributed by atoms with Gasteiger partial charge in [0.2, 0.25) is 0 Å². The normalized spacial score (nSPS) is 11.1. The topological polar surface area (TPSA) is 43.3 Å². The van der Waals surface area contributed by atoms with Crippen LogP contribution in [0.5, 0.6) is 0 Å². The molecule has 2 N–H and O–H groups in total. The van der Waals surface area contributed by atoms with Crippen molar-refractivity contribution in [3.8, 4) is 0 Å². The minimum Gasteiger partial charge on any atom is -0.325 e. The lowest BCUT2D eigenvalue weighted by atomic mass is 10.1. The first-order valence-corrected chi connectivity index (χ1v) is 6.48. The molecule has 19 heavy (non-hydrogen) atoms. The van der Waals surface area contributed by atoms with Gasteiger partial charge in [0.05, 0.1) is 11.4 Å². The standard InChI is InChI=1S/C16H17N3/c1-12-5-7-13(8-6-12)10-14-15(11-17)19-9-3-2-4-16(19)18-14/h2-9H,10-11,17H2,1H3. The molecule has 0 aliphatic rings. The maximum atomic E-state index is 5.88. The molecule has 96 valence electrons. The zero-order valence-corrected chi connectivity index (χ0v) is 11.0. The van der Waals surface area contributed by atoms with Crippen molar-refractivity contribution in [2.75, 3.05) is 0 Å². The van der Waals surface area contributed by atoms with Crippen molar-refractivity contribution < 1.29 is 0 Å². The summed E-state index contributed by atoms with van der Waals surface area (Å²) >= 11 is 0. The third-order valence-electron chi connectivity index (χ3n) is 3.40. The van der Waals surface area contributed by atoms with Crippen molar-refractivity contribution in [3.05, 3.63) is 71.2 Å². The number of pyridine rings is 1. The Morgan fingerprint density at radius 1 is 1.11 bits per heavy atom. The molecule has 3 nitrogen and oxygen atoms in total. The van der Waals surface area contributed by atoms with E-state index in [-0.39, 0.29) is 0 Å². The van der Waals surface area contributed by atoms with Crippen molar-refractivity contribution in [1.29, 1.82) is 0 Å². The molecular weight excluding hydrogens is 234 g/mol. The zero-order chi connectivity index (χ0) is 13.2.